The normalized spacial score (nSPS) is 14.9. The summed E-state index contributed by atoms with van der Waals surface area (Å²) in [7, 11) is 0. The number of hydrogen-bond acceptors (Lipinski definition) is 6. The molecule has 0 N–H and O–H groups in total. The highest BCUT2D eigenvalue weighted by molar-refractivity contribution is 6.29. The van der Waals surface area contributed by atoms with Crippen molar-refractivity contribution in [3.05, 3.63) is 130 Å². The first-order valence-corrected chi connectivity index (χ1v) is 15.9. The van der Waals surface area contributed by atoms with E-state index in [0.29, 0.717) is 0 Å². The summed E-state index contributed by atoms with van der Waals surface area (Å²) in [6.07, 6.45) is -7.63. The van der Waals surface area contributed by atoms with Crippen molar-refractivity contribution < 1.29 is 55.0 Å². The Morgan fingerprint density at radius 2 is 0.755 bits per heavy atom. The molecule has 272 valence electrons. The largest absolute Gasteiger partial charge is 0.455 e. The molecule has 0 fully saturated rings. The fourth-order valence-corrected chi connectivity index (χ4v) is 6.59. The highest BCUT2D eigenvalue weighted by atomic mass is 19.4. The van der Waals surface area contributed by atoms with Gasteiger partial charge in [0.05, 0.1) is 11.4 Å². The van der Waals surface area contributed by atoms with Crippen molar-refractivity contribution in [3.8, 4) is 23.0 Å². The summed E-state index contributed by atoms with van der Waals surface area (Å²) in [4.78, 5) is 51.1. The fourth-order valence-electron chi connectivity index (χ4n) is 6.59. The second-order valence-corrected chi connectivity index (χ2v) is 12.5. The first kappa shape index (κ1) is 36.6. The predicted molar refractivity (Wildman–Crippen MR) is 181 cm³/mol. The maximum atomic E-state index is 15.3. The molecule has 0 unspecified atom stereocenters. The van der Waals surface area contributed by atoms with Crippen LogP contribution in [0.2, 0.25) is 0 Å². The summed E-state index contributed by atoms with van der Waals surface area (Å²) in [5.74, 6) is -2.85. The van der Waals surface area contributed by atoms with Crippen molar-refractivity contribution in [1.82, 2.24) is 0 Å². The lowest BCUT2D eigenvalue weighted by molar-refractivity contribution is -0.288. The smallest absolute Gasteiger partial charge is 0.411 e. The summed E-state index contributed by atoms with van der Waals surface area (Å²) < 4.78 is 104. The molecule has 0 saturated carbocycles. The van der Waals surface area contributed by atoms with E-state index >= 15 is 26.3 Å². The minimum absolute atomic E-state index is 0.0292. The number of amides is 4. The van der Waals surface area contributed by atoms with Crippen LogP contribution in [0.25, 0.3) is 0 Å². The van der Waals surface area contributed by atoms with Crippen LogP contribution in [0.5, 0.6) is 23.0 Å². The monoisotopic (exact) mass is 734 g/mol. The molecule has 0 atom stereocenters. The maximum absolute atomic E-state index is 15.3. The molecule has 0 spiro atoms. The van der Waals surface area contributed by atoms with Gasteiger partial charge in [-0.3, -0.25) is 19.2 Å². The second kappa shape index (κ2) is 13.1. The second-order valence-electron chi connectivity index (χ2n) is 12.5. The Labute approximate surface area is 298 Å². The molecule has 4 amide bonds. The topological polar surface area (TPSA) is 93.2 Å². The average Bonchev–Trinajstić information content (AvgIpc) is 3.58. The van der Waals surface area contributed by atoms with E-state index in [1.165, 1.54) is 76.2 Å². The van der Waals surface area contributed by atoms with Gasteiger partial charge in [0.2, 0.25) is 5.41 Å². The van der Waals surface area contributed by atoms with E-state index in [1.54, 1.807) is 0 Å². The van der Waals surface area contributed by atoms with Crippen LogP contribution < -0.4 is 19.3 Å². The molecule has 2 aliphatic heterocycles. The van der Waals surface area contributed by atoms with Gasteiger partial charge in [-0.2, -0.15) is 26.3 Å². The molecule has 0 saturated heterocycles. The molecule has 4 aromatic rings. The molecule has 2 heterocycles. The summed E-state index contributed by atoms with van der Waals surface area (Å²) in [5.41, 5.74) is -7.07. The molecule has 6 rings (SSSR count). The molecule has 4 aromatic carbocycles. The Morgan fingerprint density at radius 1 is 0.472 bits per heavy atom. The first-order chi connectivity index (χ1) is 24.9. The number of ether oxygens (including phenoxy) is 2. The van der Waals surface area contributed by atoms with Gasteiger partial charge in [-0.1, -0.05) is 48.5 Å². The molecular weight excluding hydrogens is 706 g/mol. The van der Waals surface area contributed by atoms with Crippen LogP contribution in [0.3, 0.4) is 0 Å². The summed E-state index contributed by atoms with van der Waals surface area (Å²) in [6.45, 7) is 5.15. The third kappa shape index (κ3) is 6.13. The van der Waals surface area contributed by atoms with E-state index in [9.17, 15) is 19.2 Å². The Hall–Kier alpha value is -6.18. The number of imide groups is 2. The maximum Gasteiger partial charge on any atom is 0.411 e. The molecule has 14 heteroatoms. The molecule has 53 heavy (non-hydrogen) atoms. The van der Waals surface area contributed by atoms with E-state index in [1.807, 2.05) is 0 Å². The van der Waals surface area contributed by atoms with E-state index in [0.717, 1.165) is 58.4 Å². The number of nitrogens with zero attached hydrogens (tertiary/aromatic N) is 2. The standard InChI is InChI=1S/C39H28F6N2O6/c1-21-17-25(18-22(2)35(21)52-29-11-7-5-9-27(29)46-31(48)13-14-32(46)49)37(38(40,41)42,39(43,44)45)26-19-23(3)36(24(4)20-26)53-30-12-8-6-10-28(30)47-33(50)15-16-34(47)51/h5-20H,1-4H3. The number of aryl methyl sites for hydroxylation is 4. The number of anilines is 2. The van der Waals surface area contributed by atoms with Crippen molar-refractivity contribution in [2.45, 2.75) is 45.5 Å². The Bertz CT molecular complexity index is 2030. The van der Waals surface area contributed by atoms with E-state index in [2.05, 4.69) is 0 Å². The van der Waals surface area contributed by atoms with Gasteiger partial charge in [0.25, 0.3) is 23.6 Å². The fraction of sp³-hybridized carbons (Fsp3) is 0.179. The lowest BCUT2D eigenvalue weighted by atomic mass is 9.71. The molecule has 2 aliphatic rings. The van der Waals surface area contributed by atoms with Gasteiger partial charge < -0.3 is 9.47 Å². The summed E-state index contributed by atoms with van der Waals surface area (Å²) in [5, 5.41) is 0. The third-order valence-electron chi connectivity index (χ3n) is 8.89. The highest BCUT2D eigenvalue weighted by Gasteiger charge is 2.72. The third-order valence-corrected chi connectivity index (χ3v) is 8.89. The minimum Gasteiger partial charge on any atom is -0.455 e. The molecule has 0 aliphatic carbocycles. The predicted octanol–water partition coefficient (Wildman–Crippen LogP) is 8.77. The number of hydrogen-bond donors (Lipinski definition) is 0. The van der Waals surface area contributed by atoms with Crippen molar-refractivity contribution >= 4 is 35.0 Å². The van der Waals surface area contributed by atoms with Gasteiger partial charge in [0.1, 0.15) is 11.5 Å². The van der Waals surface area contributed by atoms with Crippen molar-refractivity contribution in [2.75, 3.05) is 9.80 Å². The molecular formula is C39H28F6N2O6. The van der Waals surface area contributed by atoms with E-state index in [-0.39, 0.29) is 56.6 Å². The van der Waals surface area contributed by atoms with Crippen molar-refractivity contribution in [3.63, 3.8) is 0 Å². The van der Waals surface area contributed by atoms with E-state index < -0.39 is 52.5 Å². The van der Waals surface area contributed by atoms with Gasteiger partial charge in [0.15, 0.2) is 11.5 Å². The lowest BCUT2D eigenvalue weighted by Crippen LogP contribution is -2.55. The number of carbonyl (C=O) groups is 4. The highest BCUT2D eigenvalue weighted by Crippen LogP contribution is 2.58. The van der Waals surface area contributed by atoms with Crippen molar-refractivity contribution in [1.29, 1.82) is 0 Å². The lowest BCUT2D eigenvalue weighted by Gasteiger charge is -2.39. The molecule has 0 aromatic heterocycles. The zero-order valence-corrected chi connectivity index (χ0v) is 28.3. The van der Waals surface area contributed by atoms with Crippen LogP contribution in [0.4, 0.5) is 37.7 Å². The van der Waals surface area contributed by atoms with Gasteiger partial charge >= 0.3 is 12.4 Å². The van der Waals surface area contributed by atoms with E-state index in [4.69, 9.17) is 9.47 Å². The number of rotatable bonds is 8. The zero-order valence-electron chi connectivity index (χ0n) is 28.3. The molecule has 0 radical (unpaired) electrons. The average molecular weight is 735 g/mol. The number of benzene rings is 4. The van der Waals surface area contributed by atoms with Gasteiger partial charge in [-0.25, -0.2) is 9.80 Å². The zero-order chi connectivity index (χ0) is 38.6. The van der Waals surface area contributed by atoms with Gasteiger partial charge in [0, 0.05) is 24.3 Å². The minimum atomic E-state index is -5.92. The Balaban J connectivity index is 1.44. The Kier molecular flexibility index (Phi) is 9.05. The van der Waals surface area contributed by atoms with Crippen LogP contribution in [-0.4, -0.2) is 36.0 Å². The van der Waals surface area contributed by atoms with Crippen molar-refractivity contribution in [2.24, 2.45) is 0 Å². The SMILES string of the molecule is Cc1cc(C(c2cc(C)c(Oc3ccccc3N3C(=O)C=CC3=O)c(C)c2)(C(F)(F)F)C(F)(F)F)cc(C)c1Oc1ccccc1N1C(=O)C=CC1=O. The van der Waals surface area contributed by atoms with Crippen LogP contribution in [0.1, 0.15) is 33.4 Å². The summed E-state index contributed by atoms with van der Waals surface area (Å²) >= 11 is 0. The van der Waals surface area contributed by atoms with Gasteiger partial charge in [-0.05, 0) is 85.3 Å². The number of carbonyl (C=O) groups excluding carboxylic acids is 4. The number of alkyl halides is 6. The van der Waals surface area contributed by atoms with Crippen LogP contribution in [0.15, 0.2) is 97.1 Å². The summed E-state index contributed by atoms with van der Waals surface area (Å²) in [6, 6.07) is 14.7. The number of halogens is 6. The molecule has 8 nitrogen and oxygen atoms in total. The molecule has 0 bridgehead atoms. The first-order valence-electron chi connectivity index (χ1n) is 15.9. The van der Waals surface area contributed by atoms with Crippen LogP contribution >= 0.6 is 0 Å². The van der Waals surface area contributed by atoms with Crippen LogP contribution in [0, 0.1) is 27.7 Å². The van der Waals surface area contributed by atoms with Gasteiger partial charge in [-0.15, -0.1) is 0 Å². The Morgan fingerprint density at radius 3 is 1.04 bits per heavy atom. The quantitative estimate of drug-likeness (QED) is 0.133. The van der Waals surface area contributed by atoms with Crippen LogP contribution in [-0.2, 0) is 24.6 Å². The number of para-hydroxylation sites is 4.